The van der Waals surface area contributed by atoms with E-state index >= 15 is 0 Å². The van der Waals surface area contributed by atoms with Crippen molar-refractivity contribution in [1.82, 2.24) is 0 Å². The van der Waals surface area contributed by atoms with Gasteiger partial charge in [0.05, 0.1) is 0 Å². The molecule has 0 aliphatic carbocycles. The lowest BCUT2D eigenvalue weighted by molar-refractivity contribution is 0.953. The van der Waals surface area contributed by atoms with Crippen molar-refractivity contribution < 1.29 is 0 Å². The van der Waals surface area contributed by atoms with Crippen LogP contribution in [0.1, 0.15) is 51.8 Å². The van der Waals surface area contributed by atoms with E-state index in [-0.39, 0.29) is 0 Å². The van der Waals surface area contributed by atoms with Crippen molar-refractivity contribution in [3.05, 3.63) is 112 Å². The highest BCUT2D eigenvalue weighted by atomic mass is 14.2. The van der Waals surface area contributed by atoms with Crippen LogP contribution < -0.4 is 0 Å². The van der Waals surface area contributed by atoms with E-state index in [1.54, 1.807) is 0 Å². The molecule has 3 aromatic rings. The number of hydrogen-bond acceptors (Lipinski definition) is 0. The predicted molar refractivity (Wildman–Crippen MR) is 114 cm³/mol. The fourth-order valence-corrected chi connectivity index (χ4v) is 3.98. The number of rotatable bonds is 4. The first-order valence-electron chi connectivity index (χ1n) is 9.38. The molecule has 3 aromatic carbocycles. The van der Waals surface area contributed by atoms with Gasteiger partial charge in [-0.1, -0.05) is 85.3 Å². The minimum Gasteiger partial charge on any atom is -0.0688 e. The first kappa shape index (κ1) is 18.2. The van der Waals surface area contributed by atoms with E-state index < -0.39 is 0 Å². The number of aryl methyl sites for hydroxylation is 4. The first-order chi connectivity index (χ1) is 12.5. The van der Waals surface area contributed by atoms with Crippen LogP contribution >= 0.6 is 0 Å². The second-order valence-corrected chi connectivity index (χ2v) is 7.37. The maximum absolute atomic E-state index is 2.43. The summed E-state index contributed by atoms with van der Waals surface area (Å²) in [5, 5.41) is 0. The van der Waals surface area contributed by atoms with Crippen molar-refractivity contribution in [1.29, 1.82) is 0 Å². The van der Waals surface area contributed by atoms with E-state index in [0.717, 1.165) is 0 Å². The summed E-state index contributed by atoms with van der Waals surface area (Å²) in [6.45, 7) is 11.1. The van der Waals surface area contributed by atoms with Crippen LogP contribution in [0.2, 0.25) is 0 Å². The van der Waals surface area contributed by atoms with Crippen LogP contribution in [-0.4, -0.2) is 0 Å². The van der Waals surface area contributed by atoms with Gasteiger partial charge in [-0.25, -0.2) is 0 Å². The van der Waals surface area contributed by atoms with Gasteiger partial charge in [0, 0.05) is 5.92 Å². The largest absolute Gasteiger partial charge is 0.0688 e. The Morgan fingerprint density at radius 2 is 1.31 bits per heavy atom. The van der Waals surface area contributed by atoms with Gasteiger partial charge in [0.2, 0.25) is 0 Å². The lowest BCUT2D eigenvalue weighted by Crippen LogP contribution is -2.00. The molecular formula is C26H28. The summed E-state index contributed by atoms with van der Waals surface area (Å²) in [6.07, 6.45) is 2.43. The molecule has 1 unspecified atom stereocenters. The normalized spacial score (nSPS) is 12.9. The molecule has 0 aliphatic rings. The van der Waals surface area contributed by atoms with Crippen molar-refractivity contribution >= 4 is 5.57 Å². The topological polar surface area (TPSA) is 0 Å². The van der Waals surface area contributed by atoms with E-state index in [4.69, 9.17) is 0 Å². The Morgan fingerprint density at radius 3 is 1.92 bits per heavy atom. The first-order valence-corrected chi connectivity index (χ1v) is 9.38. The van der Waals surface area contributed by atoms with Gasteiger partial charge in [-0.2, -0.15) is 0 Å². The summed E-state index contributed by atoms with van der Waals surface area (Å²) in [4.78, 5) is 0. The average molecular weight is 341 g/mol. The lowest BCUT2D eigenvalue weighted by atomic mass is 9.86. The number of allylic oxidation sites excluding steroid dienone is 1. The highest BCUT2D eigenvalue weighted by molar-refractivity contribution is 5.83. The van der Waals surface area contributed by atoms with Crippen molar-refractivity contribution in [3.63, 3.8) is 0 Å². The van der Waals surface area contributed by atoms with Crippen LogP contribution in [-0.2, 0) is 0 Å². The lowest BCUT2D eigenvalue weighted by Gasteiger charge is -2.19. The second kappa shape index (κ2) is 7.74. The maximum atomic E-state index is 2.43. The molecule has 0 bridgehead atoms. The maximum Gasteiger partial charge on any atom is 0.000161 e. The van der Waals surface area contributed by atoms with E-state index in [1.807, 2.05) is 0 Å². The van der Waals surface area contributed by atoms with Crippen LogP contribution in [0, 0.1) is 27.7 Å². The Balaban J connectivity index is 2.19. The smallest absolute Gasteiger partial charge is 0.000161 e. The van der Waals surface area contributed by atoms with Crippen LogP contribution in [0.15, 0.2) is 72.8 Å². The molecule has 0 aliphatic heterocycles. The van der Waals surface area contributed by atoms with Gasteiger partial charge in [-0.3, -0.25) is 0 Å². The molecule has 1 atom stereocenters. The van der Waals surface area contributed by atoms with Gasteiger partial charge < -0.3 is 0 Å². The Morgan fingerprint density at radius 1 is 0.731 bits per heavy atom. The third kappa shape index (κ3) is 3.80. The van der Waals surface area contributed by atoms with Gasteiger partial charge >= 0.3 is 0 Å². The van der Waals surface area contributed by atoms with Crippen LogP contribution in [0.4, 0.5) is 0 Å². The fraction of sp³-hybridized carbons (Fsp3) is 0.231. The van der Waals surface area contributed by atoms with Gasteiger partial charge in [0.1, 0.15) is 0 Å². The molecule has 0 N–H and O–H groups in total. The van der Waals surface area contributed by atoms with Crippen LogP contribution in [0.25, 0.3) is 5.57 Å². The van der Waals surface area contributed by atoms with Crippen LogP contribution in [0.3, 0.4) is 0 Å². The van der Waals surface area contributed by atoms with Gasteiger partial charge in [-0.05, 0) is 66.6 Å². The zero-order valence-electron chi connectivity index (χ0n) is 16.5. The summed E-state index contributed by atoms with van der Waals surface area (Å²) in [5.74, 6) is 0.353. The monoisotopic (exact) mass is 340 g/mol. The SMILES string of the molecule is Cc1cc(C)c(/C(=C\C(C)c2ccccc2C)c2ccccc2)c(C)c1. The highest BCUT2D eigenvalue weighted by Crippen LogP contribution is 2.33. The van der Waals surface area contributed by atoms with Gasteiger partial charge in [0.25, 0.3) is 0 Å². The third-order valence-corrected chi connectivity index (χ3v) is 5.13. The molecular weight excluding hydrogens is 312 g/mol. The van der Waals surface area contributed by atoms with Crippen molar-refractivity contribution in [2.75, 3.05) is 0 Å². The summed E-state index contributed by atoms with van der Waals surface area (Å²) in [5.41, 5.74) is 10.7. The highest BCUT2D eigenvalue weighted by Gasteiger charge is 2.14. The number of benzene rings is 3. The summed E-state index contributed by atoms with van der Waals surface area (Å²) < 4.78 is 0. The molecule has 0 heterocycles. The van der Waals surface area contributed by atoms with Crippen molar-refractivity contribution in [3.8, 4) is 0 Å². The molecule has 0 aromatic heterocycles. The molecule has 3 rings (SSSR count). The molecule has 132 valence electrons. The van der Waals surface area contributed by atoms with Crippen molar-refractivity contribution in [2.45, 2.75) is 40.5 Å². The molecule has 0 spiro atoms. The Labute approximate surface area is 158 Å². The van der Waals surface area contributed by atoms with Crippen molar-refractivity contribution in [2.24, 2.45) is 0 Å². The minimum absolute atomic E-state index is 0.353. The molecule has 26 heavy (non-hydrogen) atoms. The standard InChI is InChI=1S/C26H28/c1-18-15-21(4)26(22(5)16-18)25(23-12-7-6-8-13-23)17-20(3)24-14-10-9-11-19(24)2/h6-17,20H,1-5H3/b25-17-. The quantitative estimate of drug-likeness (QED) is 0.473. The summed E-state index contributed by atoms with van der Waals surface area (Å²) in [7, 11) is 0. The summed E-state index contributed by atoms with van der Waals surface area (Å²) >= 11 is 0. The minimum atomic E-state index is 0.353. The molecule has 0 fully saturated rings. The third-order valence-electron chi connectivity index (χ3n) is 5.13. The molecule has 0 heteroatoms. The fourth-order valence-electron chi connectivity index (χ4n) is 3.98. The van der Waals surface area contributed by atoms with Gasteiger partial charge in [0.15, 0.2) is 0 Å². The zero-order valence-corrected chi connectivity index (χ0v) is 16.5. The Hall–Kier alpha value is -2.60. The van der Waals surface area contributed by atoms with Crippen LogP contribution in [0.5, 0.6) is 0 Å². The number of hydrogen-bond donors (Lipinski definition) is 0. The van der Waals surface area contributed by atoms with Gasteiger partial charge in [-0.15, -0.1) is 0 Å². The molecule has 0 amide bonds. The molecule has 0 nitrogen and oxygen atoms in total. The second-order valence-electron chi connectivity index (χ2n) is 7.37. The molecule has 0 radical (unpaired) electrons. The average Bonchev–Trinajstić information content (AvgIpc) is 2.61. The van der Waals surface area contributed by atoms with E-state index in [9.17, 15) is 0 Å². The summed E-state index contributed by atoms with van der Waals surface area (Å²) in [6, 6.07) is 24.0. The zero-order chi connectivity index (χ0) is 18.7. The van der Waals surface area contributed by atoms with E-state index in [1.165, 1.54) is 44.5 Å². The predicted octanol–water partition coefficient (Wildman–Crippen LogP) is 7.16. The molecule has 0 saturated heterocycles. The molecule has 0 saturated carbocycles. The Bertz CT molecular complexity index is 906. The Kier molecular flexibility index (Phi) is 5.42. The van der Waals surface area contributed by atoms with E-state index in [0.29, 0.717) is 5.92 Å². The van der Waals surface area contributed by atoms with E-state index in [2.05, 4.69) is 107 Å².